The molecule has 0 spiro atoms. The number of ketones is 1. The Balaban J connectivity index is 3.42. The van der Waals surface area contributed by atoms with Crippen molar-refractivity contribution in [2.45, 2.75) is 6.92 Å². The van der Waals surface area contributed by atoms with Crippen LogP contribution in [0.3, 0.4) is 0 Å². The van der Waals surface area contributed by atoms with E-state index in [0.29, 0.717) is 4.47 Å². The summed E-state index contributed by atoms with van der Waals surface area (Å²) >= 11 is 3.07. The van der Waals surface area contributed by atoms with Crippen LogP contribution in [0.4, 0.5) is 5.69 Å². The molecule has 0 bridgehead atoms. The molecule has 0 atom stereocenters. The highest BCUT2D eigenvalue weighted by molar-refractivity contribution is 9.10. The molecule has 0 saturated carbocycles. The molecule has 0 fully saturated rings. The van der Waals surface area contributed by atoms with Crippen LogP contribution in [0.25, 0.3) is 0 Å². The van der Waals surface area contributed by atoms with Gasteiger partial charge in [-0.15, -0.1) is 0 Å². The number of Topliss-reactive ketones (excluding diaryl/α,β-unsaturated/α-hetero) is 1. The average molecular weight is 299 g/mol. The van der Waals surface area contributed by atoms with Gasteiger partial charge in [-0.25, -0.2) is 0 Å². The Labute approximate surface area is 105 Å². The van der Waals surface area contributed by atoms with Crippen molar-refractivity contribution in [3.05, 3.63) is 32.3 Å². The molecular formula is C10H7BrN2O4. The molecule has 17 heavy (non-hydrogen) atoms. The fraction of sp³-hybridized carbons (Fsp3) is 0.200. The molecule has 0 aliphatic rings. The third kappa shape index (κ3) is 3.01. The summed E-state index contributed by atoms with van der Waals surface area (Å²) in [7, 11) is 0. The van der Waals surface area contributed by atoms with E-state index in [2.05, 4.69) is 15.9 Å². The number of nitrogens with zero attached hydrogens (tertiary/aromatic N) is 2. The quantitative estimate of drug-likeness (QED) is 0.483. The van der Waals surface area contributed by atoms with Crippen molar-refractivity contribution in [2.75, 3.05) is 6.61 Å². The summed E-state index contributed by atoms with van der Waals surface area (Å²) in [6.07, 6.45) is 0. The number of carbonyl (C=O) groups is 1. The first-order valence-electron chi connectivity index (χ1n) is 4.46. The Morgan fingerprint density at radius 2 is 2.29 bits per heavy atom. The first-order chi connectivity index (χ1) is 7.97. The van der Waals surface area contributed by atoms with Crippen molar-refractivity contribution in [3.8, 4) is 11.8 Å². The van der Waals surface area contributed by atoms with Crippen molar-refractivity contribution in [1.29, 1.82) is 5.26 Å². The van der Waals surface area contributed by atoms with E-state index in [4.69, 9.17) is 10.00 Å². The lowest BCUT2D eigenvalue weighted by atomic mass is 10.1. The van der Waals surface area contributed by atoms with Crippen LogP contribution in [0.2, 0.25) is 0 Å². The molecule has 1 aromatic rings. The summed E-state index contributed by atoms with van der Waals surface area (Å²) in [6.45, 7) is 0.910. The summed E-state index contributed by atoms with van der Waals surface area (Å²) in [5, 5.41) is 19.2. The molecule has 0 radical (unpaired) electrons. The molecule has 88 valence electrons. The number of rotatable bonds is 4. The highest BCUT2D eigenvalue weighted by Gasteiger charge is 2.23. The van der Waals surface area contributed by atoms with E-state index in [1.54, 1.807) is 6.07 Å². The van der Waals surface area contributed by atoms with E-state index in [1.165, 1.54) is 19.1 Å². The van der Waals surface area contributed by atoms with Gasteiger partial charge in [0.1, 0.15) is 6.07 Å². The van der Waals surface area contributed by atoms with Gasteiger partial charge in [-0.1, -0.05) is 15.9 Å². The van der Waals surface area contributed by atoms with Gasteiger partial charge in [-0.2, -0.15) is 5.26 Å². The van der Waals surface area contributed by atoms with Gasteiger partial charge >= 0.3 is 5.69 Å². The lowest BCUT2D eigenvalue weighted by Crippen LogP contribution is -2.05. The molecule has 0 heterocycles. The van der Waals surface area contributed by atoms with E-state index >= 15 is 0 Å². The second kappa shape index (κ2) is 5.41. The zero-order valence-corrected chi connectivity index (χ0v) is 10.4. The first-order valence-corrected chi connectivity index (χ1v) is 5.25. The minimum absolute atomic E-state index is 0.0707. The second-order valence-corrected chi connectivity index (χ2v) is 3.98. The predicted octanol–water partition coefficient (Wildman–Crippen LogP) is 2.46. The largest absolute Gasteiger partial charge is 0.471 e. The smallest absolute Gasteiger partial charge is 0.312 e. The summed E-state index contributed by atoms with van der Waals surface area (Å²) < 4.78 is 5.35. The number of hydrogen-bond acceptors (Lipinski definition) is 5. The maximum atomic E-state index is 11.4. The van der Waals surface area contributed by atoms with Gasteiger partial charge in [0, 0.05) is 10.5 Å². The maximum Gasteiger partial charge on any atom is 0.312 e. The fourth-order valence-electron chi connectivity index (χ4n) is 1.23. The highest BCUT2D eigenvalue weighted by atomic mass is 79.9. The molecular weight excluding hydrogens is 292 g/mol. The van der Waals surface area contributed by atoms with E-state index < -0.39 is 4.92 Å². The van der Waals surface area contributed by atoms with Crippen molar-refractivity contribution in [1.82, 2.24) is 0 Å². The molecule has 7 heteroatoms. The zero-order valence-electron chi connectivity index (χ0n) is 8.77. The van der Waals surface area contributed by atoms with Gasteiger partial charge < -0.3 is 4.74 Å². The lowest BCUT2D eigenvalue weighted by Gasteiger charge is -2.08. The summed E-state index contributed by atoms with van der Waals surface area (Å²) in [5.74, 6) is -0.547. The molecule has 0 aromatic heterocycles. The van der Waals surface area contributed by atoms with Crippen LogP contribution in [0, 0.1) is 21.4 Å². The number of nitro benzene ring substituents is 1. The Morgan fingerprint density at radius 3 is 2.76 bits per heavy atom. The van der Waals surface area contributed by atoms with Crippen molar-refractivity contribution >= 4 is 27.4 Å². The van der Waals surface area contributed by atoms with Crippen molar-refractivity contribution in [2.24, 2.45) is 0 Å². The number of nitro groups is 1. The van der Waals surface area contributed by atoms with Gasteiger partial charge in [0.25, 0.3) is 0 Å². The first kappa shape index (κ1) is 13.1. The Kier molecular flexibility index (Phi) is 4.17. The SMILES string of the molecule is CC(=O)c1cc(Br)cc([N+](=O)[O-])c1OCC#N. The second-order valence-electron chi connectivity index (χ2n) is 3.06. The van der Waals surface area contributed by atoms with Gasteiger partial charge in [0.15, 0.2) is 12.4 Å². The maximum absolute atomic E-state index is 11.4. The number of ether oxygens (including phenoxy) is 1. The number of nitriles is 1. The average Bonchev–Trinajstić information content (AvgIpc) is 2.26. The van der Waals surface area contributed by atoms with Crippen LogP contribution >= 0.6 is 15.9 Å². The lowest BCUT2D eigenvalue weighted by molar-refractivity contribution is -0.385. The molecule has 0 amide bonds. The molecule has 0 aliphatic heterocycles. The van der Waals surface area contributed by atoms with E-state index in [1.807, 2.05) is 0 Å². The van der Waals surface area contributed by atoms with Crippen LogP contribution in [-0.4, -0.2) is 17.3 Å². The van der Waals surface area contributed by atoms with Crippen molar-refractivity contribution in [3.63, 3.8) is 0 Å². The minimum atomic E-state index is -0.663. The van der Waals surface area contributed by atoms with Crippen LogP contribution in [0.1, 0.15) is 17.3 Å². The fourth-order valence-corrected chi connectivity index (χ4v) is 1.68. The molecule has 0 aliphatic carbocycles. The Hall–Kier alpha value is -1.94. The van der Waals surface area contributed by atoms with Crippen LogP contribution in [0.5, 0.6) is 5.75 Å². The highest BCUT2D eigenvalue weighted by Crippen LogP contribution is 2.34. The standard InChI is InChI=1S/C10H7BrN2O4/c1-6(14)8-4-7(11)5-9(13(15)16)10(8)17-3-2-12/h4-5H,3H2,1H3. The predicted molar refractivity (Wildman–Crippen MR) is 61.9 cm³/mol. The summed E-state index contributed by atoms with van der Waals surface area (Å²) in [4.78, 5) is 21.5. The molecule has 0 unspecified atom stereocenters. The number of benzene rings is 1. The van der Waals surface area contributed by atoms with Crippen LogP contribution in [-0.2, 0) is 0 Å². The van der Waals surface area contributed by atoms with Gasteiger partial charge in [-0.3, -0.25) is 14.9 Å². The third-order valence-electron chi connectivity index (χ3n) is 1.89. The number of halogens is 1. The zero-order chi connectivity index (χ0) is 13.0. The van der Waals surface area contributed by atoms with Crippen LogP contribution in [0.15, 0.2) is 16.6 Å². The van der Waals surface area contributed by atoms with Gasteiger partial charge in [0.05, 0.1) is 10.5 Å². The summed E-state index contributed by atoms with van der Waals surface area (Å²) in [6, 6.07) is 4.34. The normalized spacial score (nSPS) is 9.47. The molecule has 6 nitrogen and oxygen atoms in total. The minimum Gasteiger partial charge on any atom is -0.471 e. The Morgan fingerprint density at radius 1 is 1.65 bits per heavy atom. The number of hydrogen-bond donors (Lipinski definition) is 0. The number of carbonyl (C=O) groups excluding carboxylic acids is 1. The molecule has 0 N–H and O–H groups in total. The van der Waals surface area contributed by atoms with Gasteiger partial charge in [-0.05, 0) is 13.0 Å². The monoisotopic (exact) mass is 298 g/mol. The van der Waals surface area contributed by atoms with Gasteiger partial charge in [0.2, 0.25) is 5.75 Å². The molecule has 1 aromatic carbocycles. The Bertz CT molecular complexity index is 487. The third-order valence-corrected chi connectivity index (χ3v) is 2.35. The van der Waals surface area contributed by atoms with E-state index in [9.17, 15) is 14.9 Å². The van der Waals surface area contributed by atoms with E-state index in [0.717, 1.165) is 0 Å². The topological polar surface area (TPSA) is 93.2 Å². The van der Waals surface area contributed by atoms with Crippen LogP contribution < -0.4 is 4.74 Å². The molecule has 1 rings (SSSR count). The van der Waals surface area contributed by atoms with E-state index in [-0.39, 0.29) is 29.4 Å². The van der Waals surface area contributed by atoms with Crippen molar-refractivity contribution < 1.29 is 14.5 Å². The summed E-state index contributed by atoms with van der Waals surface area (Å²) in [5.41, 5.74) is -0.277. The molecule has 0 saturated heterocycles.